The van der Waals surface area contributed by atoms with Crippen molar-refractivity contribution < 1.29 is 19.2 Å². The molecule has 2 aromatic carbocycles. The SMILES string of the molecule is CC(O)(CNc1ccc(C(=O)c2ccccc2)cc1[N+](=O)[O-])c1ccco1. The molecule has 7 heteroatoms. The van der Waals surface area contributed by atoms with Crippen LogP contribution in [0.3, 0.4) is 0 Å². The Morgan fingerprint density at radius 3 is 2.52 bits per heavy atom. The summed E-state index contributed by atoms with van der Waals surface area (Å²) in [6, 6.07) is 16.0. The second-order valence-electron chi connectivity index (χ2n) is 6.29. The highest BCUT2D eigenvalue weighted by atomic mass is 16.6. The number of hydrogen-bond donors (Lipinski definition) is 2. The van der Waals surface area contributed by atoms with E-state index in [1.165, 1.54) is 31.4 Å². The average Bonchev–Trinajstić information content (AvgIpc) is 3.22. The highest BCUT2D eigenvalue weighted by molar-refractivity contribution is 6.09. The molecule has 0 aliphatic heterocycles. The van der Waals surface area contributed by atoms with Crippen molar-refractivity contribution in [2.24, 2.45) is 0 Å². The van der Waals surface area contributed by atoms with Crippen LogP contribution in [0, 0.1) is 10.1 Å². The smallest absolute Gasteiger partial charge is 0.293 e. The Bertz CT molecular complexity index is 950. The molecular weight excluding hydrogens is 348 g/mol. The van der Waals surface area contributed by atoms with Crippen molar-refractivity contribution in [2.75, 3.05) is 11.9 Å². The maximum Gasteiger partial charge on any atom is 0.293 e. The van der Waals surface area contributed by atoms with Gasteiger partial charge in [0, 0.05) is 17.2 Å². The molecule has 0 saturated carbocycles. The molecule has 2 N–H and O–H groups in total. The van der Waals surface area contributed by atoms with Gasteiger partial charge >= 0.3 is 0 Å². The lowest BCUT2D eigenvalue weighted by Crippen LogP contribution is -2.30. The van der Waals surface area contributed by atoms with Crippen molar-refractivity contribution in [3.05, 3.63) is 93.9 Å². The Morgan fingerprint density at radius 2 is 1.89 bits per heavy atom. The monoisotopic (exact) mass is 366 g/mol. The van der Waals surface area contributed by atoms with Gasteiger partial charge in [0.2, 0.25) is 0 Å². The van der Waals surface area contributed by atoms with Crippen molar-refractivity contribution in [3.63, 3.8) is 0 Å². The standard InChI is InChI=1S/C20H18N2O5/c1-20(24,18-8-5-11-27-18)13-21-16-10-9-15(12-17(16)22(25)26)19(23)14-6-3-2-4-7-14/h2-12,21,24H,13H2,1H3. The molecule has 1 heterocycles. The van der Waals surface area contributed by atoms with Crippen molar-refractivity contribution in [1.82, 2.24) is 0 Å². The molecule has 0 aliphatic rings. The fourth-order valence-corrected chi connectivity index (χ4v) is 2.67. The summed E-state index contributed by atoms with van der Waals surface area (Å²) in [6.07, 6.45) is 1.44. The number of nitro benzene ring substituents is 1. The van der Waals surface area contributed by atoms with Gasteiger partial charge in [0.1, 0.15) is 17.0 Å². The quantitative estimate of drug-likeness (QED) is 0.375. The number of nitrogens with zero attached hydrogens (tertiary/aromatic N) is 1. The molecule has 0 bridgehead atoms. The number of hydrogen-bond acceptors (Lipinski definition) is 6. The van der Waals surface area contributed by atoms with Gasteiger partial charge in [-0.25, -0.2) is 0 Å². The molecule has 0 spiro atoms. The predicted molar refractivity (Wildman–Crippen MR) is 99.7 cm³/mol. The first-order valence-electron chi connectivity index (χ1n) is 8.27. The molecular formula is C20H18N2O5. The van der Waals surface area contributed by atoms with Crippen LogP contribution in [0.2, 0.25) is 0 Å². The maximum absolute atomic E-state index is 12.5. The van der Waals surface area contributed by atoms with E-state index in [1.807, 2.05) is 0 Å². The molecule has 138 valence electrons. The van der Waals surface area contributed by atoms with Crippen LogP contribution in [-0.2, 0) is 5.60 Å². The molecule has 1 unspecified atom stereocenters. The molecule has 0 fully saturated rings. The zero-order valence-corrected chi connectivity index (χ0v) is 14.6. The number of anilines is 1. The van der Waals surface area contributed by atoms with Gasteiger partial charge in [0.05, 0.1) is 17.7 Å². The second-order valence-corrected chi connectivity index (χ2v) is 6.29. The minimum absolute atomic E-state index is 0.00662. The fourth-order valence-electron chi connectivity index (χ4n) is 2.67. The number of carbonyl (C=O) groups is 1. The van der Waals surface area contributed by atoms with Gasteiger partial charge in [0.25, 0.3) is 5.69 Å². The molecule has 3 aromatic rings. The normalized spacial score (nSPS) is 13.0. The second kappa shape index (κ2) is 7.43. The Balaban J connectivity index is 1.84. The van der Waals surface area contributed by atoms with Gasteiger partial charge in [-0.15, -0.1) is 0 Å². The van der Waals surface area contributed by atoms with Gasteiger partial charge < -0.3 is 14.8 Å². The van der Waals surface area contributed by atoms with E-state index in [4.69, 9.17) is 4.42 Å². The molecule has 0 amide bonds. The van der Waals surface area contributed by atoms with E-state index < -0.39 is 10.5 Å². The number of nitro groups is 1. The molecule has 0 saturated heterocycles. The predicted octanol–water partition coefficient (Wildman–Crippen LogP) is 3.74. The third-order valence-corrected chi connectivity index (χ3v) is 4.17. The molecule has 27 heavy (non-hydrogen) atoms. The van der Waals surface area contributed by atoms with Crippen LogP contribution in [-0.4, -0.2) is 22.4 Å². The molecule has 1 atom stereocenters. The van der Waals surface area contributed by atoms with Crippen molar-refractivity contribution >= 4 is 17.2 Å². The summed E-state index contributed by atoms with van der Waals surface area (Å²) in [5.74, 6) is 0.0429. The first-order valence-corrected chi connectivity index (χ1v) is 8.27. The van der Waals surface area contributed by atoms with Crippen molar-refractivity contribution in [3.8, 4) is 0 Å². The Hall–Kier alpha value is -3.45. The summed E-state index contributed by atoms with van der Waals surface area (Å²) in [4.78, 5) is 23.4. The lowest BCUT2D eigenvalue weighted by molar-refractivity contribution is -0.384. The van der Waals surface area contributed by atoms with Crippen molar-refractivity contribution in [1.29, 1.82) is 0 Å². The Labute approximate surface area is 155 Å². The Kier molecular flexibility index (Phi) is 5.05. The van der Waals surface area contributed by atoms with E-state index in [2.05, 4.69) is 5.32 Å². The number of benzene rings is 2. The lowest BCUT2D eigenvalue weighted by Gasteiger charge is -2.21. The van der Waals surface area contributed by atoms with E-state index in [0.717, 1.165) is 0 Å². The fraction of sp³-hybridized carbons (Fsp3) is 0.150. The largest absolute Gasteiger partial charge is 0.466 e. The summed E-state index contributed by atoms with van der Waals surface area (Å²) in [7, 11) is 0. The highest BCUT2D eigenvalue weighted by Crippen LogP contribution is 2.29. The van der Waals surface area contributed by atoms with Crippen LogP contribution < -0.4 is 5.32 Å². The zero-order chi connectivity index (χ0) is 19.4. The van der Waals surface area contributed by atoms with Gasteiger partial charge in [-0.3, -0.25) is 14.9 Å². The number of nitrogens with one attached hydrogen (secondary N) is 1. The third-order valence-electron chi connectivity index (χ3n) is 4.17. The van der Waals surface area contributed by atoms with Gasteiger partial charge in [-0.2, -0.15) is 0 Å². The van der Waals surface area contributed by atoms with Crippen LogP contribution in [0.5, 0.6) is 0 Å². The van der Waals surface area contributed by atoms with Gasteiger partial charge in [0.15, 0.2) is 5.78 Å². The number of carbonyl (C=O) groups excluding carboxylic acids is 1. The molecule has 3 rings (SSSR count). The van der Waals surface area contributed by atoms with Gasteiger partial charge in [-0.05, 0) is 31.2 Å². The summed E-state index contributed by atoms with van der Waals surface area (Å²) in [5, 5.41) is 24.8. The molecule has 7 nitrogen and oxygen atoms in total. The minimum Gasteiger partial charge on any atom is -0.466 e. The van der Waals surface area contributed by atoms with Crippen LogP contribution in [0.25, 0.3) is 0 Å². The number of rotatable bonds is 7. The molecule has 1 aromatic heterocycles. The van der Waals surface area contributed by atoms with Crippen LogP contribution in [0.4, 0.5) is 11.4 Å². The van der Waals surface area contributed by atoms with E-state index in [9.17, 15) is 20.0 Å². The Morgan fingerprint density at radius 1 is 1.15 bits per heavy atom. The first kappa shape index (κ1) is 18.3. The highest BCUT2D eigenvalue weighted by Gasteiger charge is 2.27. The number of ketones is 1. The van der Waals surface area contributed by atoms with E-state index in [-0.39, 0.29) is 29.3 Å². The molecule has 0 aliphatic carbocycles. The zero-order valence-electron chi connectivity index (χ0n) is 14.6. The topological polar surface area (TPSA) is 106 Å². The molecule has 0 radical (unpaired) electrons. The van der Waals surface area contributed by atoms with Crippen molar-refractivity contribution in [2.45, 2.75) is 12.5 Å². The number of furan rings is 1. The minimum atomic E-state index is -1.35. The van der Waals surface area contributed by atoms with Crippen LogP contribution in [0.1, 0.15) is 28.6 Å². The van der Waals surface area contributed by atoms with Crippen LogP contribution in [0.15, 0.2) is 71.3 Å². The van der Waals surface area contributed by atoms with Gasteiger partial charge in [-0.1, -0.05) is 30.3 Å². The van der Waals surface area contributed by atoms with E-state index in [0.29, 0.717) is 11.3 Å². The number of aliphatic hydroxyl groups is 1. The summed E-state index contributed by atoms with van der Waals surface area (Å²) in [5.41, 5.74) is -0.719. The summed E-state index contributed by atoms with van der Waals surface area (Å²) in [6.45, 7) is 1.53. The first-order chi connectivity index (χ1) is 12.9. The summed E-state index contributed by atoms with van der Waals surface area (Å²) < 4.78 is 5.20. The average molecular weight is 366 g/mol. The lowest BCUT2D eigenvalue weighted by atomic mass is 10.0. The van der Waals surface area contributed by atoms with Crippen LogP contribution >= 0.6 is 0 Å². The van der Waals surface area contributed by atoms with E-state index in [1.54, 1.807) is 42.5 Å². The summed E-state index contributed by atoms with van der Waals surface area (Å²) >= 11 is 0. The van der Waals surface area contributed by atoms with E-state index >= 15 is 0 Å². The third kappa shape index (κ3) is 4.04. The maximum atomic E-state index is 12.5.